The highest BCUT2D eigenvalue weighted by Crippen LogP contribution is 2.26. The fraction of sp³-hybridized carbons (Fsp3) is 0.304. The van der Waals surface area contributed by atoms with Gasteiger partial charge in [0.15, 0.2) is 0 Å². The van der Waals surface area contributed by atoms with E-state index in [1.54, 1.807) is 25.1 Å². The van der Waals surface area contributed by atoms with E-state index >= 15 is 0 Å². The summed E-state index contributed by atoms with van der Waals surface area (Å²) < 4.78 is 5.84. The molecule has 1 aliphatic rings. The minimum atomic E-state index is -0.525. The second-order valence-electron chi connectivity index (χ2n) is 7.14. The molecule has 162 valence electrons. The Bertz CT molecular complexity index is 993. The Labute approximate surface area is 188 Å². The Kier molecular flexibility index (Phi) is 7.57. The summed E-state index contributed by atoms with van der Waals surface area (Å²) in [5, 5.41) is 2.73. The Balaban J connectivity index is 1.55. The third kappa shape index (κ3) is 5.58. The van der Waals surface area contributed by atoms with Crippen molar-refractivity contribution in [2.75, 3.05) is 19.7 Å². The normalized spacial score (nSPS) is 13.7. The molecule has 1 atom stereocenters. The van der Waals surface area contributed by atoms with Gasteiger partial charge < -0.3 is 10.1 Å². The van der Waals surface area contributed by atoms with Crippen molar-refractivity contribution < 1.29 is 23.9 Å². The van der Waals surface area contributed by atoms with Gasteiger partial charge in [-0.15, -0.1) is 0 Å². The molecule has 1 N–H and O–H groups in total. The predicted octanol–water partition coefficient (Wildman–Crippen LogP) is 2.97. The van der Waals surface area contributed by atoms with Crippen LogP contribution in [0.1, 0.15) is 39.6 Å². The molecule has 1 aliphatic heterocycles. The van der Waals surface area contributed by atoms with E-state index in [0.29, 0.717) is 22.0 Å². The van der Waals surface area contributed by atoms with E-state index in [1.807, 2.05) is 30.3 Å². The number of carbonyl (C=O) groups is 4. The third-order valence-corrected chi connectivity index (χ3v) is 5.48. The van der Waals surface area contributed by atoms with E-state index in [1.165, 1.54) is 0 Å². The predicted molar refractivity (Wildman–Crippen MR) is 117 cm³/mol. The zero-order valence-electron chi connectivity index (χ0n) is 17.1. The Morgan fingerprint density at radius 2 is 1.77 bits per heavy atom. The number of nitrogens with one attached hydrogen (secondary N) is 1. The molecule has 2 aromatic carbocycles. The molecule has 0 fully saturated rings. The summed E-state index contributed by atoms with van der Waals surface area (Å²) in [4.78, 5) is 50.7. The maximum Gasteiger partial charge on any atom is 0.311 e. The van der Waals surface area contributed by atoms with Crippen molar-refractivity contribution in [3.63, 3.8) is 0 Å². The number of nitrogens with zero attached hydrogens (tertiary/aromatic N) is 1. The van der Waals surface area contributed by atoms with Crippen molar-refractivity contribution >= 4 is 39.6 Å². The maximum absolute atomic E-state index is 12.5. The molecule has 0 radical (unpaired) electrons. The quantitative estimate of drug-likeness (QED) is 0.434. The number of rotatable bonds is 9. The van der Waals surface area contributed by atoms with Crippen molar-refractivity contribution in [1.82, 2.24) is 10.2 Å². The van der Waals surface area contributed by atoms with Crippen molar-refractivity contribution in [2.45, 2.75) is 19.8 Å². The molecule has 0 bridgehead atoms. The van der Waals surface area contributed by atoms with Crippen LogP contribution in [0.4, 0.5) is 0 Å². The average Bonchev–Trinajstić information content (AvgIpc) is 2.99. The molecule has 0 aromatic heterocycles. The topological polar surface area (TPSA) is 92.8 Å². The van der Waals surface area contributed by atoms with Gasteiger partial charge in [-0.2, -0.15) is 0 Å². The van der Waals surface area contributed by atoms with Gasteiger partial charge in [-0.05, 0) is 37.1 Å². The van der Waals surface area contributed by atoms with Crippen LogP contribution in [0.2, 0.25) is 0 Å². The molecule has 7 nitrogen and oxygen atoms in total. The first-order chi connectivity index (χ1) is 14.9. The number of fused-ring (bicyclic) bond motifs is 1. The van der Waals surface area contributed by atoms with Gasteiger partial charge >= 0.3 is 5.97 Å². The highest BCUT2D eigenvalue weighted by Gasteiger charge is 2.35. The van der Waals surface area contributed by atoms with Gasteiger partial charge in [0, 0.05) is 24.0 Å². The minimum absolute atomic E-state index is 0.0292. The van der Waals surface area contributed by atoms with Gasteiger partial charge in [0.2, 0.25) is 5.91 Å². The molecule has 0 saturated carbocycles. The number of benzene rings is 2. The number of esters is 1. The Morgan fingerprint density at radius 3 is 2.48 bits per heavy atom. The molecule has 0 aliphatic carbocycles. The summed E-state index contributed by atoms with van der Waals surface area (Å²) in [7, 11) is 0. The zero-order valence-corrected chi connectivity index (χ0v) is 18.7. The molecule has 0 spiro atoms. The molecule has 2 aromatic rings. The van der Waals surface area contributed by atoms with Crippen LogP contribution in [0.25, 0.3) is 0 Å². The standard InChI is InChI=1S/C23H23BrN2O5/c1-2-31-23(30)16(12-15-6-4-3-5-7-15)14-25-20(27)10-11-26-21(28)18-9-8-17(24)13-19(18)22(26)29/h3-9,13,16H,2,10-12,14H2,1H3,(H,25,27). The largest absolute Gasteiger partial charge is 0.466 e. The zero-order chi connectivity index (χ0) is 22.4. The van der Waals surface area contributed by atoms with Crippen LogP contribution in [-0.4, -0.2) is 48.3 Å². The first kappa shape index (κ1) is 22.7. The molecule has 8 heteroatoms. The van der Waals surface area contributed by atoms with Gasteiger partial charge in [0.25, 0.3) is 11.8 Å². The number of imide groups is 1. The number of halogens is 1. The first-order valence-electron chi connectivity index (χ1n) is 10.0. The lowest BCUT2D eigenvalue weighted by Gasteiger charge is -2.17. The SMILES string of the molecule is CCOC(=O)C(CNC(=O)CCN1C(=O)c2ccc(Br)cc2C1=O)Cc1ccccc1. The van der Waals surface area contributed by atoms with Gasteiger partial charge in [-0.3, -0.25) is 24.1 Å². The van der Waals surface area contributed by atoms with E-state index in [-0.39, 0.29) is 38.0 Å². The van der Waals surface area contributed by atoms with E-state index in [4.69, 9.17) is 4.74 Å². The average molecular weight is 487 g/mol. The van der Waals surface area contributed by atoms with Crippen molar-refractivity contribution in [1.29, 1.82) is 0 Å². The molecule has 31 heavy (non-hydrogen) atoms. The fourth-order valence-corrected chi connectivity index (χ4v) is 3.76. The number of hydrogen-bond donors (Lipinski definition) is 1. The summed E-state index contributed by atoms with van der Waals surface area (Å²) >= 11 is 3.29. The lowest BCUT2D eigenvalue weighted by atomic mass is 9.99. The second kappa shape index (κ2) is 10.3. The Hall–Kier alpha value is -3.00. The molecule has 3 amide bonds. The number of amides is 3. The van der Waals surface area contributed by atoms with Gasteiger partial charge in [-0.25, -0.2) is 0 Å². The van der Waals surface area contributed by atoms with Crippen molar-refractivity contribution in [3.05, 3.63) is 69.7 Å². The lowest BCUT2D eigenvalue weighted by molar-refractivity contribution is -0.147. The van der Waals surface area contributed by atoms with Crippen LogP contribution in [0.3, 0.4) is 0 Å². The number of ether oxygens (including phenoxy) is 1. The summed E-state index contributed by atoms with van der Waals surface area (Å²) in [6.45, 7) is 2.07. The summed E-state index contributed by atoms with van der Waals surface area (Å²) in [5.74, 6) is -2.07. The molecular weight excluding hydrogens is 464 g/mol. The van der Waals surface area contributed by atoms with E-state index in [0.717, 1.165) is 10.5 Å². The van der Waals surface area contributed by atoms with Gasteiger partial charge in [0.05, 0.1) is 23.7 Å². The second-order valence-corrected chi connectivity index (χ2v) is 8.06. The molecule has 1 heterocycles. The summed E-state index contributed by atoms with van der Waals surface area (Å²) in [6.07, 6.45) is 0.390. The van der Waals surface area contributed by atoms with Crippen LogP contribution < -0.4 is 5.32 Å². The summed E-state index contributed by atoms with van der Waals surface area (Å²) in [5.41, 5.74) is 1.62. The monoisotopic (exact) mass is 486 g/mol. The highest BCUT2D eigenvalue weighted by molar-refractivity contribution is 9.10. The van der Waals surface area contributed by atoms with Gasteiger partial charge in [-0.1, -0.05) is 46.3 Å². The van der Waals surface area contributed by atoms with Crippen LogP contribution >= 0.6 is 15.9 Å². The summed E-state index contributed by atoms with van der Waals surface area (Å²) in [6, 6.07) is 14.4. The number of carbonyl (C=O) groups excluding carboxylic acids is 4. The van der Waals surface area contributed by atoms with Gasteiger partial charge in [0.1, 0.15) is 0 Å². The van der Waals surface area contributed by atoms with E-state index in [2.05, 4.69) is 21.2 Å². The highest BCUT2D eigenvalue weighted by atomic mass is 79.9. The van der Waals surface area contributed by atoms with E-state index in [9.17, 15) is 19.2 Å². The molecule has 1 unspecified atom stereocenters. The molecule has 0 saturated heterocycles. The fourth-order valence-electron chi connectivity index (χ4n) is 3.40. The minimum Gasteiger partial charge on any atom is -0.466 e. The van der Waals surface area contributed by atoms with Crippen LogP contribution in [0.15, 0.2) is 53.0 Å². The lowest BCUT2D eigenvalue weighted by Crippen LogP contribution is -2.38. The first-order valence-corrected chi connectivity index (χ1v) is 10.8. The van der Waals surface area contributed by atoms with Crippen LogP contribution in [0.5, 0.6) is 0 Å². The Morgan fingerprint density at radius 1 is 1.06 bits per heavy atom. The number of hydrogen-bond acceptors (Lipinski definition) is 5. The van der Waals surface area contributed by atoms with E-state index < -0.39 is 17.7 Å². The van der Waals surface area contributed by atoms with Crippen LogP contribution in [-0.2, 0) is 20.7 Å². The molecular formula is C23H23BrN2O5. The van der Waals surface area contributed by atoms with Crippen LogP contribution in [0, 0.1) is 5.92 Å². The third-order valence-electron chi connectivity index (χ3n) is 4.99. The van der Waals surface area contributed by atoms with Crippen molar-refractivity contribution in [3.8, 4) is 0 Å². The van der Waals surface area contributed by atoms with Crippen molar-refractivity contribution in [2.24, 2.45) is 5.92 Å². The smallest absolute Gasteiger partial charge is 0.311 e. The maximum atomic E-state index is 12.5. The molecule has 3 rings (SSSR count).